The Kier molecular flexibility index (Phi) is 4.76. The van der Waals surface area contributed by atoms with E-state index in [1.54, 1.807) is 24.3 Å². The maximum atomic E-state index is 12.2. The number of rotatable bonds is 4. The Hall–Kier alpha value is -1.42. The summed E-state index contributed by atoms with van der Waals surface area (Å²) in [6.07, 6.45) is 2.50. The van der Waals surface area contributed by atoms with Gasteiger partial charge in [-0.2, -0.15) is 5.26 Å². The molecule has 0 saturated heterocycles. The van der Waals surface area contributed by atoms with Gasteiger partial charge in [0.1, 0.15) is 0 Å². The van der Waals surface area contributed by atoms with Gasteiger partial charge >= 0.3 is 0 Å². The fourth-order valence-corrected chi connectivity index (χ4v) is 3.96. The van der Waals surface area contributed by atoms with Gasteiger partial charge in [-0.15, -0.1) is 0 Å². The van der Waals surface area contributed by atoms with Crippen LogP contribution in [0.3, 0.4) is 0 Å². The van der Waals surface area contributed by atoms with E-state index in [-0.39, 0.29) is 5.75 Å². The quantitative estimate of drug-likeness (QED) is 0.875. The first-order chi connectivity index (χ1) is 9.52. The van der Waals surface area contributed by atoms with Gasteiger partial charge in [0.2, 0.25) is 10.0 Å². The van der Waals surface area contributed by atoms with E-state index in [9.17, 15) is 13.5 Å². The standard InChI is InChI=1S/C14H18N2O3S/c15-9-11-5-1-2-6-12(11)10-20(18,19)16-13-7-3-4-8-14(13)17/h1-2,5-6,13-14,16-17H,3-4,7-8,10H2/t13-,14-/m0/s1. The van der Waals surface area contributed by atoms with E-state index in [0.717, 1.165) is 12.8 Å². The van der Waals surface area contributed by atoms with Crippen molar-refractivity contribution in [3.63, 3.8) is 0 Å². The molecule has 1 aliphatic carbocycles. The van der Waals surface area contributed by atoms with Crippen molar-refractivity contribution >= 4 is 10.0 Å². The Labute approximate surface area is 119 Å². The molecule has 0 heterocycles. The molecule has 1 saturated carbocycles. The molecule has 0 radical (unpaired) electrons. The summed E-state index contributed by atoms with van der Waals surface area (Å²) in [7, 11) is -3.56. The third-order valence-corrected chi connectivity index (χ3v) is 4.90. The van der Waals surface area contributed by atoms with Crippen LogP contribution in [0.15, 0.2) is 24.3 Å². The van der Waals surface area contributed by atoms with Gasteiger partial charge in [-0.05, 0) is 24.5 Å². The van der Waals surface area contributed by atoms with E-state index in [1.165, 1.54) is 0 Å². The van der Waals surface area contributed by atoms with Gasteiger partial charge in [0, 0.05) is 6.04 Å². The van der Waals surface area contributed by atoms with E-state index in [4.69, 9.17) is 5.26 Å². The molecule has 0 unspecified atom stereocenters. The second kappa shape index (κ2) is 6.35. The summed E-state index contributed by atoms with van der Waals surface area (Å²) < 4.78 is 26.9. The Balaban J connectivity index is 2.09. The summed E-state index contributed by atoms with van der Waals surface area (Å²) in [6.45, 7) is 0. The fourth-order valence-electron chi connectivity index (χ4n) is 2.48. The highest BCUT2D eigenvalue weighted by atomic mass is 32.2. The second-order valence-electron chi connectivity index (χ2n) is 5.10. The summed E-state index contributed by atoms with van der Waals surface area (Å²) >= 11 is 0. The van der Waals surface area contributed by atoms with Crippen molar-refractivity contribution < 1.29 is 13.5 Å². The Morgan fingerprint density at radius 2 is 2.00 bits per heavy atom. The highest BCUT2D eigenvalue weighted by Gasteiger charge is 2.27. The van der Waals surface area contributed by atoms with Crippen LogP contribution in [-0.4, -0.2) is 25.7 Å². The second-order valence-corrected chi connectivity index (χ2v) is 6.86. The van der Waals surface area contributed by atoms with Crippen LogP contribution in [0, 0.1) is 11.3 Å². The number of hydrogen-bond donors (Lipinski definition) is 2. The van der Waals surface area contributed by atoms with E-state index in [0.29, 0.717) is 24.0 Å². The predicted octanol–water partition coefficient (Wildman–Crippen LogP) is 1.28. The zero-order valence-electron chi connectivity index (χ0n) is 11.1. The van der Waals surface area contributed by atoms with Crippen molar-refractivity contribution in [3.8, 4) is 6.07 Å². The van der Waals surface area contributed by atoms with Crippen LogP contribution in [0.25, 0.3) is 0 Å². The number of aliphatic hydroxyl groups is 1. The molecule has 0 aromatic heterocycles. The molecule has 5 nitrogen and oxygen atoms in total. The summed E-state index contributed by atoms with van der Waals surface area (Å²) in [6, 6.07) is 8.22. The van der Waals surface area contributed by atoms with Crippen LogP contribution in [-0.2, 0) is 15.8 Å². The maximum Gasteiger partial charge on any atom is 0.216 e. The zero-order chi connectivity index (χ0) is 14.6. The molecule has 0 spiro atoms. The number of hydrogen-bond acceptors (Lipinski definition) is 4. The van der Waals surface area contributed by atoms with Crippen molar-refractivity contribution in [2.24, 2.45) is 0 Å². The predicted molar refractivity (Wildman–Crippen MR) is 75.2 cm³/mol. The van der Waals surface area contributed by atoms with Gasteiger partial charge in [-0.25, -0.2) is 13.1 Å². The molecule has 0 aliphatic heterocycles. The summed E-state index contributed by atoms with van der Waals surface area (Å²) in [5.41, 5.74) is 0.842. The summed E-state index contributed by atoms with van der Waals surface area (Å²) in [5, 5.41) is 18.8. The van der Waals surface area contributed by atoms with Gasteiger partial charge in [-0.1, -0.05) is 31.0 Å². The van der Waals surface area contributed by atoms with E-state index < -0.39 is 22.2 Å². The number of nitrogens with zero attached hydrogens (tertiary/aromatic N) is 1. The normalized spacial score (nSPS) is 23.2. The molecular weight excluding hydrogens is 276 g/mol. The van der Waals surface area contributed by atoms with Crippen LogP contribution in [0.4, 0.5) is 0 Å². The van der Waals surface area contributed by atoms with Gasteiger partial charge in [0.05, 0.1) is 23.5 Å². The number of nitriles is 1. The van der Waals surface area contributed by atoms with Gasteiger partial charge in [0.25, 0.3) is 0 Å². The van der Waals surface area contributed by atoms with Gasteiger partial charge in [-0.3, -0.25) is 0 Å². The smallest absolute Gasteiger partial charge is 0.216 e. The molecule has 20 heavy (non-hydrogen) atoms. The van der Waals surface area contributed by atoms with Crippen molar-refractivity contribution in [1.82, 2.24) is 4.72 Å². The van der Waals surface area contributed by atoms with E-state index in [2.05, 4.69) is 4.72 Å². The van der Waals surface area contributed by atoms with Crippen molar-refractivity contribution in [2.45, 2.75) is 43.6 Å². The summed E-state index contributed by atoms with van der Waals surface area (Å²) in [5.74, 6) is -0.236. The molecule has 108 valence electrons. The lowest BCUT2D eigenvalue weighted by Crippen LogP contribution is -2.45. The molecule has 2 rings (SSSR count). The molecule has 1 aromatic rings. The van der Waals surface area contributed by atoms with Gasteiger partial charge in [0.15, 0.2) is 0 Å². The molecule has 1 aliphatic rings. The molecule has 2 atom stereocenters. The maximum absolute atomic E-state index is 12.2. The number of benzene rings is 1. The van der Waals surface area contributed by atoms with E-state index in [1.807, 2.05) is 6.07 Å². The van der Waals surface area contributed by atoms with Crippen LogP contribution in [0.5, 0.6) is 0 Å². The summed E-state index contributed by atoms with van der Waals surface area (Å²) in [4.78, 5) is 0. The highest BCUT2D eigenvalue weighted by molar-refractivity contribution is 7.88. The van der Waals surface area contributed by atoms with Crippen LogP contribution < -0.4 is 4.72 Å². The molecule has 6 heteroatoms. The number of sulfonamides is 1. The van der Waals surface area contributed by atoms with Crippen molar-refractivity contribution in [1.29, 1.82) is 5.26 Å². The first kappa shape index (κ1) is 15.0. The zero-order valence-corrected chi connectivity index (χ0v) is 11.9. The van der Waals surface area contributed by atoms with Crippen molar-refractivity contribution in [3.05, 3.63) is 35.4 Å². The van der Waals surface area contributed by atoms with Crippen molar-refractivity contribution in [2.75, 3.05) is 0 Å². The first-order valence-electron chi connectivity index (χ1n) is 6.68. The molecule has 2 N–H and O–H groups in total. The number of aliphatic hydroxyl groups excluding tert-OH is 1. The Bertz CT molecular complexity index is 607. The average molecular weight is 294 g/mol. The van der Waals surface area contributed by atoms with Crippen LogP contribution in [0.2, 0.25) is 0 Å². The molecule has 1 fully saturated rings. The SMILES string of the molecule is N#Cc1ccccc1CS(=O)(=O)N[C@H]1CCCC[C@@H]1O. The van der Waals surface area contributed by atoms with Gasteiger partial charge < -0.3 is 5.11 Å². The molecule has 1 aromatic carbocycles. The monoisotopic (exact) mass is 294 g/mol. The first-order valence-corrected chi connectivity index (χ1v) is 8.33. The average Bonchev–Trinajstić information content (AvgIpc) is 2.41. The lowest BCUT2D eigenvalue weighted by molar-refractivity contribution is 0.101. The Morgan fingerprint density at radius 1 is 1.30 bits per heavy atom. The minimum atomic E-state index is -3.56. The highest BCUT2D eigenvalue weighted by Crippen LogP contribution is 2.20. The minimum Gasteiger partial charge on any atom is -0.391 e. The third kappa shape index (κ3) is 3.79. The molecule has 0 bridgehead atoms. The third-order valence-electron chi connectivity index (χ3n) is 3.54. The largest absolute Gasteiger partial charge is 0.391 e. The van der Waals surface area contributed by atoms with Crippen LogP contribution >= 0.6 is 0 Å². The Morgan fingerprint density at radius 3 is 2.70 bits per heavy atom. The fraction of sp³-hybridized carbons (Fsp3) is 0.500. The lowest BCUT2D eigenvalue weighted by Gasteiger charge is -2.28. The lowest BCUT2D eigenvalue weighted by atomic mass is 9.93. The molecule has 0 amide bonds. The van der Waals surface area contributed by atoms with Crippen LogP contribution in [0.1, 0.15) is 36.8 Å². The minimum absolute atomic E-state index is 0.236. The topological polar surface area (TPSA) is 90.2 Å². The van der Waals surface area contributed by atoms with E-state index >= 15 is 0 Å². The molecular formula is C14H18N2O3S. The number of nitrogens with one attached hydrogen (secondary N) is 1.